The maximum atomic E-state index is 5.37. The van der Waals surface area contributed by atoms with Crippen LogP contribution in [0.15, 0.2) is 57.7 Å². The third-order valence-electron chi connectivity index (χ3n) is 2.76. The molecule has 0 saturated heterocycles. The van der Waals surface area contributed by atoms with E-state index >= 15 is 0 Å². The fraction of sp³-hybridized carbons (Fsp3) is 0.0714. The number of halogens is 1. The predicted octanol–water partition coefficient (Wildman–Crippen LogP) is 4.20. The van der Waals surface area contributed by atoms with E-state index in [0.717, 1.165) is 26.8 Å². The lowest BCUT2D eigenvalue weighted by atomic mass is 10.2. The van der Waals surface area contributed by atoms with Gasteiger partial charge in [0.15, 0.2) is 0 Å². The summed E-state index contributed by atoms with van der Waals surface area (Å²) in [5.41, 5.74) is 1.99. The summed E-state index contributed by atoms with van der Waals surface area (Å²) in [6.07, 6.45) is 3.47. The number of furan rings is 1. The van der Waals surface area contributed by atoms with E-state index in [1.54, 1.807) is 12.5 Å². The Balaban J connectivity index is 1.89. The Morgan fingerprint density at radius 1 is 1.17 bits per heavy atom. The molecule has 2 heterocycles. The quantitative estimate of drug-likeness (QED) is 0.788. The van der Waals surface area contributed by atoms with Gasteiger partial charge in [0.1, 0.15) is 5.76 Å². The smallest absolute Gasteiger partial charge is 0.136 e. The van der Waals surface area contributed by atoms with Crippen molar-refractivity contribution in [1.29, 1.82) is 0 Å². The molecule has 0 aliphatic heterocycles. The highest BCUT2D eigenvalue weighted by Gasteiger charge is 2.05. The van der Waals surface area contributed by atoms with Crippen molar-refractivity contribution in [3.63, 3.8) is 0 Å². The number of benzene rings is 1. The molecule has 2 aromatic heterocycles. The van der Waals surface area contributed by atoms with Crippen LogP contribution in [-0.4, -0.2) is 4.98 Å². The fourth-order valence-corrected chi connectivity index (χ4v) is 2.22. The van der Waals surface area contributed by atoms with E-state index < -0.39 is 0 Å². The number of nitrogens with zero attached hydrogens (tertiary/aromatic N) is 1. The van der Waals surface area contributed by atoms with Crippen molar-refractivity contribution < 1.29 is 4.42 Å². The Morgan fingerprint density at radius 3 is 2.89 bits per heavy atom. The highest BCUT2D eigenvalue weighted by atomic mass is 79.9. The SMILES string of the molecule is Brc1ccoc1CNc1cccc2cccnc12. The Morgan fingerprint density at radius 2 is 2.06 bits per heavy atom. The molecule has 1 N–H and O–H groups in total. The van der Waals surface area contributed by atoms with Gasteiger partial charge in [0.05, 0.1) is 28.5 Å². The van der Waals surface area contributed by atoms with Crippen molar-refractivity contribution in [2.75, 3.05) is 5.32 Å². The minimum Gasteiger partial charge on any atom is -0.466 e. The van der Waals surface area contributed by atoms with E-state index in [0.29, 0.717) is 6.54 Å². The molecule has 0 fully saturated rings. The van der Waals surface area contributed by atoms with Crippen molar-refractivity contribution in [2.24, 2.45) is 0 Å². The van der Waals surface area contributed by atoms with Gasteiger partial charge < -0.3 is 9.73 Å². The molecule has 3 rings (SSSR count). The van der Waals surface area contributed by atoms with Crippen molar-refractivity contribution >= 4 is 32.5 Å². The van der Waals surface area contributed by atoms with Gasteiger partial charge in [-0.15, -0.1) is 0 Å². The van der Waals surface area contributed by atoms with E-state index in [9.17, 15) is 0 Å². The van der Waals surface area contributed by atoms with Crippen LogP contribution in [0.4, 0.5) is 5.69 Å². The second-order valence-electron chi connectivity index (χ2n) is 3.93. The van der Waals surface area contributed by atoms with Crippen LogP contribution in [0.3, 0.4) is 0 Å². The molecule has 4 heteroatoms. The molecular formula is C14H11BrN2O. The molecule has 0 spiro atoms. The number of aromatic nitrogens is 1. The maximum absolute atomic E-state index is 5.37. The summed E-state index contributed by atoms with van der Waals surface area (Å²) >= 11 is 3.44. The summed E-state index contributed by atoms with van der Waals surface area (Å²) in [5, 5.41) is 4.47. The van der Waals surface area contributed by atoms with Crippen LogP contribution in [0.25, 0.3) is 10.9 Å². The molecule has 90 valence electrons. The van der Waals surface area contributed by atoms with Gasteiger partial charge in [-0.1, -0.05) is 18.2 Å². The molecule has 0 saturated carbocycles. The molecule has 0 unspecified atom stereocenters. The van der Waals surface area contributed by atoms with Gasteiger partial charge in [0.25, 0.3) is 0 Å². The molecule has 0 bridgehead atoms. The fourth-order valence-electron chi connectivity index (χ4n) is 1.87. The van der Waals surface area contributed by atoms with Crippen LogP contribution in [0, 0.1) is 0 Å². The highest BCUT2D eigenvalue weighted by molar-refractivity contribution is 9.10. The monoisotopic (exact) mass is 302 g/mol. The number of rotatable bonds is 3. The van der Waals surface area contributed by atoms with Gasteiger partial charge >= 0.3 is 0 Å². The van der Waals surface area contributed by atoms with Crippen molar-refractivity contribution in [3.05, 3.63) is 59.1 Å². The molecular weight excluding hydrogens is 292 g/mol. The van der Waals surface area contributed by atoms with Gasteiger partial charge in [-0.05, 0) is 34.1 Å². The number of para-hydroxylation sites is 1. The van der Waals surface area contributed by atoms with Gasteiger partial charge in [-0.3, -0.25) is 4.98 Å². The van der Waals surface area contributed by atoms with Crippen LogP contribution < -0.4 is 5.32 Å². The number of nitrogens with one attached hydrogen (secondary N) is 1. The number of anilines is 1. The molecule has 18 heavy (non-hydrogen) atoms. The van der Waals surface area contributed by atoms with E-state index in [-0.39, 0.29) is 0 Å². The van der Waals surface area contributed by atoms with Gasteiger partial charge in [0.2, 0.25) is 0 Å². The molecule has 0 radical (unpaired) electrons. The molecule has 3 aromatic rings. The Bertz CT molecular complexity index is 673. The van der Waals surface area contributed by atoms with Crippen LogP contribution in [0.1, 0.15) is 5.76 Å². The number of hydrogen-bond acceptors (Lipinski definition) is 3. The molecule has 1 aromatic carbocycles. The topological polar surface area (TPSA) is 38.1 Å². The van der Waals surface area contributed by atoms with Crippen molar-refractivity contribution in [2.45, 2.75) is 6.54 Å². The third kappa shape index (κ3) is 2.11. The van der Waals surface area contributed by atoms with Gasteiger partial charge in [0, 0.05) is 11.6 Å². The lowest BCUT2D eigenvalue weighted by Gasteiger charge is -2.07. The molecule has 3 nitrogen and oxygen atoms in total. The van der Waals surface area contributed by atoms with E-state index in [1.807, 2.05) is 24.3 Å². The third-order valence-corrected chi connectivity index (χ3v) is 3.47. The zero-order valence-corrected chi connectivity index (χ0v) is 11.1. The summed E-state index contributed by atoms with van der Waals surface area (Å²) in [4.78, 5) is 4.40. The first kappa shape index (κ1) is 11.3. The number of fused-ring (bicyclic) bond motifs is 1. The normalized spacial score (nSPS) is 10.7. The minimum atomic E-state index is 0.628. The average molecular weight is 303 g/mol. The van der Waals surface area contributed by atoms with Crippen LogP contribution in [0.5, 0.6) is 0 Å². The summed E-state index contributed by atoms with van der Waals surface area (Å²) in [7, 11) is 0. The standard InChI is InChI=1S/C14H11BrN2O/c15-11-6-8-18-13(11)9-17-12-5-1-3-10-4-2-7-16-14(10)12/h1-8,17H,9H2. The average Bonchev–Trinajstić information content (AvgIpc) is 2.82. The zero-order valence-electron chi connectivity index (χ0n) is 9.56. The Kier molecular flexibility index (Phi) is 3.02. The largest absolute Gasteiger partial charge is 0.466 e. The molecule has 0 amide bonds. The highest BCUT2D eigenvalue weighted by Crippen LogP contribution is 2.23. The number of hydrogen-bond donors (Lipinski definition) is 1. The van der Waals surface area contributed by atoms with E-state index in [1.165, 1.54) is 0 Å². The van der Waals surface area contributed by atoms with Crippen molar-refractivity contribution in [3.8, 4) is 0 Å². The molecule has 0 atom stereocenters. The summed E-state index contributed by atoms with van der Waals surface area (Å²) in [6.45, 7) is 0.628. The summed E-state index contributed by atoms with van der Waals surface area (Å²) in [5.74, 6) is 0.878. The van der Waals surface area contributed by atoms with E-state index in [2.05, 4.69) is 38.4 Å². The van der Waals surface area contributed by atoms with Crippen LogP contribution in [0.2, 0.25) is 0 Å². The number of pyridine rings is 1. The lowest BCUT2D eigenvalue weighted by molar-refractivity contribution is 0.516. The van der Waals surface area contributed by atoms with Crippen molar-refractivity contribution in [1.82, 2.24) is 4.98 Å². The Labute approximate surface area is 113 Å². The predicted molar refractivity (Wildman–Crippen MR) is 75.5 cm³/mol. The zero-order chi connectivity index (χ0) is 12.4. The molecule has 0 aliphatic rings. The second-order valence-corrected chi connectivity index (χ2v) is 4.78. The summed E-state index contributed by atoms with van der Waals surface area (Å²) < 4.78 is 6.34. The Hall–Kier alpha value is -1.81. The van der Waals surface area contributed by atoms with Gasteiger partial charge in [-0.2, -0.15) is 0 Å². The van der Waals surface area contributed by atoms with E-state index in [4.69, 9.17) is 4.42 Å². The maximum Gasteiger partial charge on any atom is 0.136 e. The van der Waals surface area contributed by atoms with Crippen LogP contribution >= 0.6 is 15.9 Å². The second kappa shape index (κ2) is 4.82. The summed E-state index contributed by atoms with van der Waals surface area (Å²) in [6, 6.07) is 12.0. The first-order valence-electron chi connectivity index (χ1n) is 5.64. The van der Waals surface area contributed by atoms with Gasteiger partial charge in [-0.25, -0.2) is 0 Å². The first-order chi connectivity index (χ1) is 8.84. The molecule has 0 aliphatic carbocycles. The lowest BCUT2D eigenvalue weighted by Crippen LogP contribution is -1.99. The first-order valence-corrected chi connectivity index (χ1v) is 6.43. The van der Waals surface area contributed by atoms with Crippen LogP contribution in [-0.2, 0) is 6.54 Å². The minimum absolute atomic E-state index is 0.628.